The zero-order chi connectivity index (χ0) is 16.1. The molecule has 2 aromatic carbocycles. The van der Waals surface area contributed by atoms with Crippen molar-refractivity contribution in [3.05, 3.63) is 65.5 Å². The number of rotatable bonds is 4. The van der Waals surface area contributed by atoms with Crippen molar-refractivity contribution in [2.75, 3.05) is 0 Å². The fourth-order valence-corrected chi connectivity index (χ4v) is 2.08. The molecule has 116 valence electrons. The first-order valence-electron chi connectivity index (χ1n) is 6.80. The number of carbonyl (C=O) groups is 1. The van der Waals surface area contributed by atoms with Gasteiger partial charge >= 0.3 is 6.09 Å². The third-order valence-corrected chi connectivity index (χ3v) is 3.25. The van der Waals surface area contributed by atoms with E-state index < -0.39 is 6.09 Å². The van der Waals surface area contributed by atoms with Gasteiger partial charge in [-0.3, -0.25) is 0 Å². The molecule has 0 saturated carbocycles. The summed E-state index contributed by atoms with van der Waals surface area (Å²) in [5.74, 6) is 1.07. The molecule has 23 heavy (non-hydrogen) atoms. The number of carbonyl (C=O) groups excluding carboxylic acids is 1. The third kappa shape index (κ3) is 3.87. The number of halogens is 1. The van der Waals surface area contributed by atoms with Crippen LogP contribution in [0, 0.1) is 0 Å². The Labute approximate surface area is 137 Å². The van der Waals surface area contributed by atoms with Gasteiger partial charge in [0.2, 0.25) is 11.7 Å². The van der Waals surface area contributed by atoms with Gasteiger partial charge in [0, 0.05) is 5.56 Å². The van der Waals surface area contributed by atoms with E-state index in [1.165, 1.54) is 0 Å². The first-order valence-corrected chi connectivity index (χ1v) is 7.18. The monoisotopic (exact) mass is 329 g/mol. The molecule has 1 amide bonds. The van der Waals surface area contributed by atoms with Gasteiger partial charge in [-0.2, -0.15) is 4.98 Å². The first kappa shape index (κ1) is 15.1. The molecule has 0 aliphatic heterocycles. The van der Waals surface area contributed by atoms with Gasteiger partial charge in [0.05, 0.1) is 5.02 Å². The summed E-state index contributed by atoms with van der Waals surface area (Å²) in [5, 5.41) is 6.91. The van der Waals surface area contributed by atoms with Gasteiger partial charge in [0.25, 0.3) is 0 Å². The number of ether oxygens (including phenoxy) is 1. The lowest BCUT2D eigenvalue weighted by atomic mass is 10.2. The topological polar surface area (TPSA) is 77.3 Å². The first-order chi connectivity index (χ1) is 11.2. The van der Waals surface area contributed by atoms with Crippen LogP contribution >= 0.6 is 11.6 Å². The van der Waals surface area contributed by atoms with Crippen molar-refractivity contribution >= 4 is 17.7 Å². The standard InChI is InChI=1S/C16H12ClN3O3/c17-13-9-5-4-8-12(13)15-19-14(23-20-15)10-18-16(21)22-11-6-2-1-3-7-11/h1-9H,10H2,(H,18,21). The zero-order valence-corrected chi connectivity index (χ0v) is 12.7. The normalized spacial score (nSPS) is 10.3. The molecule has 0 fully saturated rings. The lowest BCUT2D eigenvalue weighted by Crippen LogP contribution is -2.26. The zero-order valence-electron chi connectivity index (χ0n) is 11.9. The molecule has 0 spiro atoms. The van der Waals surface area contributed by atoms with E-state index in [2.05, 4.69) is 15.5 Å². The Morgan fingerprint density at radius 3 is 2.65 bits per heavy atom. The predicted molar refractivity (Wildman–Crippen MR) is 84.0 cm³/mol. The minimum atomic E-state index is -0.603. The molecular weight excluding hydrogens is 318 g/mol. The van der Waals surface area contributed by atoms with E-state index in [9.17, 15) is 4.79 Å². The summed E-state index contributed by atoms with van der Waals surface area (Å²) < 4.78 is 10.2. The van der Waals surface area contributed by atoms with Crippen molar-refractivity contribution in [1.82, 2.24) is 15.5 Å². The molecule has 0 atom stereocenters. The second-order valence-corrected chi connectivity index (χ2v) is 4.95. The van der Waals surface area contributed by atoms with Gasteiger partial charge in [-0.15, -0.1) is 0 Å². The average Bonchev–Trinajstić information content (AvgIpc) is 3.03. The van der Waals surface area contributed by atoms with Crippen LogP contribution in [0.4, 0.5) is 4.79 Å². The van der Waals surface area contributed by atoms with Crippen LogP contribution in [0.5, 0.6) is 5.75 Å². The molecule has 3 aromatic rings. The number of hydrogen-bond donors (Lipinski definition) is 1. The minimum absolute atomic E-state index is 0.0587. The second kappa shape index (κ2) is 6.93. The molecule has 0 unspecified atom stereocenters. The molecule has 3 rings (SSSR count). The Morgan fingerprint density at radius 2 is 1.87 bits per heavy atom. The Morgan fingerprint density at radius 1 is 1.13 bits per heavy atom. The summed E-state index contributed by atoms with van der Waals surface area (Å²) >= 11 is 6.07. The molecule has 0 aliphatic carbocycles. The summed E-state index contributed by atoms with van der Waals surface area (Å²) in [6.07, 6.45) is -0.603. The molecule has 7 heteroatoms. The Balaban J connectivity index is 1.59. The number of aromatic nitrogens is 2. The van der Waals surface area contributed by atoms with Crippen molar-refractivity contribution in [2.24, 2.45) is 0 Å². The van der Waals surface area contributed by atoms with E-state index in [-0.39, 0.29) is 12.4 Å². The second-order valence-electron chi connectivity index (χ2n) is 4.55. The van der Waals surface area contributed by atoms with Crippen LogP contribution in [0.15, 0.2) is 59.1 Å². The third-order valence-electron chi connectivity index (χ3n) is 2.92. The summed E-state index contributed by atoms with van der Waals surface area (Å²) in [5.41, 5.74) is 0.663. The van der Waals surface area contributed by atoms with Crippen LogP contribution in [0.1, 0.15) is 5.89 Å². The number of benzene rings is 2. The van der Waals surface area contributed by atoms with Gasteiger partial charge in [-0.25, -0.2) is 4.79 Å². The summed E-state index contributed by atoms with van der Waals surface area (Å²) in [6, 6.07) is 15.9. The highest BCUT2D eigenvalue weighted by Crippen LogP contribution is 2.24. The van der Waals surface area contributed by atoms with E-state index in [0.717, 1.165) is 0 Å². The quantitative estimate of drug-likeness (QED) is 0.790. The highest BCUT2D eigenvalue weighted by Gasteiger charge is 2.12. The molecule has 1 aromatic heterocycles. The fraction of sp³-hybridized carbons (Fsp3) is 0.0625. The molecule has 0 aliphatic rings. The van der Waals surface area contributed by atoms with Gasteiger partial charge in [-0.05, 0) is 24.3 Å². The van der Waals surface area contributed by atoms with Crippen LogP contribution in [0.3, 0.4) is 0 Å². The molecule has 0 radical (unpaired) electrons. The number of nitrogens with zero attached hydrogens (tertiary/aromatic N) is 2. The summed E-state index contributed by atoms with van der Waals surface area (Å²) in [4.78, 5) is 15.9. The van der Waals surface area contributed by atoms with Crippen LogP contribution < -0.4 is 10.1 Å². The smallest absolute Gasteiger partial charge is 0.410 e. The van der Waals surface area contributed by atoms with E-state index in [1.807, 2.05) is 18.2 Å². The number of para-hydroxylation sites is 1. The van der Waals surface area contributed by atoms with Gasteiger partial charge in [0.1, 0.15) is 12.3 Å². The Hall–Kier alpha value is -2.86. The SMILES string of the molecule is O=C(NCc1nc(-c2ccccc2Cl)no1)Oc1ccccc1. The maximum atomic E-state index is 11.7. The van der Waals surface area contributed by atoms with Crippen molar-refractivity contribution in [3.63, 3.8) is 0 Å². The maximum Gasteiger partial charge on any atom is 0.413 e. The highest BCUT2D eigenvalue weighted by atomic mass is 35.5. The van der Waals surface area contributed by atoms with Crippen molar-refractivity contribution in [1.29, 1.82) is 0 Å². The highest BCUT2D eigenvalue weighted by molar-refractivity contribution is 6.33. The summed E-state index contributed by atoms with van der Waals surface area (Å²) in [6.45, 7) is 0.0587. The van der Waals surface area contributed by atoms with Gasteiger partial charge < -0.3 is 14.6 Å². The van der Waals surface area contributed by atoms with Gasteiger partial charge in [-0.1, -0.05) is 47.1 Å². The molecule has 6 nitrogen and oxygen atoms in total. The van der Waals surface area contributed by atoms with E-state index in [0.29, 0.717) is 22.2 Å². The van der Waals surface area contributed by atoms with Crippen LogP contribution in [-0.4, -0.2) is 16.2 Å². The van der Waals surface area contributed by atoms with Gasteiger partial charge in [0.15, 0.2) is 0 Å². The number of nitrogens with one attached hydrogen (secondary N) is 1. The average molecular weight is 330 g/mol. The maximum absolute atomic E-state index is 11.7. The van der Waals surface area contributed by atoms with E-state index in [1.54, 1.807) is 36.4 Å². The van der Waals surface area contributed by atoms with Crippen LogP contribution in [0.25, 0.3) is 11.4 Å². The van der Waals surface area contributed by atoms with E-state index >= 15 is 0 Å². The number of hydrogen-bond acceptors (Lipinski definition) is 5. The minimum Gasteiger partial charge on any atom is -0.410 e. The molecule has 0 bridgehead atoms. The van der Waals surface area contributed by atoms with Crippen LogP contribution in [0.2, 0.25) is 5.02 Å². The molecular formula is C16H12ClN3O3. The lowest BCUT2D eigenvalue weighted by Gasteiger charge is -2.03. The predicted octanol–water partition coefficient (Wildman–Crippen LogP) is 3.68. The molecule has 1 heterocycles. The van der Waals surface area contributed by atoms with Crippen molar-refractivity contribution in [2.45, 2.75) is 6.54 Å². The van der Waals surface area contributed by atoms with Crippen molar-refractivity contribution in [3.8, 4) is 17.1 Å². The lowest BCUT2D eigenvalue weighted by molar-refractivity contribution is 0.198. The van der Waals surface area contributed by atoms with Crippen LogP contribution in [-0.2, 0) is 6.54 Å². The van der Waals surface area contributed by atoms with E-state index in [4.69, 9.17) is 20.9 Å². The fourth-order valence-electron chi connectivity index (χ4n) is 1.86. The summed E-state index contributed by atoms with van der Waals surface area (Å²) in [7, 11) is 0. The Kier molecular flexibility index (Phi) is 4.54. The largest absolute Gasteiger partial charge is 0.413 e. The molecule has 0 saturated heterocycles. The van der Waals surface area contributed by atoms with Crippen molar-refractivity contribution < 1.29 is 14.1 Å². The molecule has 1 N–H and O–H groups in total. The number of amides is 1. The Bertz CT molecular complexity index is 805.